The van der Waals surface area contributed by atoms with Crippen LogP contribution in [0.4, 0.5) is 0 Å². The zero-order valence-electron chi connectivity index (χ0n) is 15.6. The summed E-state index contributed by atoms with van der Waals surface area (Å²) in [5.74, 6) is 1.52. The maximum Gasteiger partial charge on any atom is 0.243 e. The minimum atomic E-state index is -3.39. The van der Waals surface area contributed by atoms with Crippen LogP contribution in [0.2, 0.25) is 0 Å². The molecule has 0 unspecified atom stereocenters. The summed E-state index contributed by atoms with van der Waals surface area (Å²) in [5, 5.41) is 6.63. The third kappa shape index (κ3) is 4.76. The molecule has 0 bridgehead atoms. The SMILES string of the molecule is CN=C(NCc1cccc(S(=O)(=O)N2CCCCC2)c1)NCC1CCC1. The Morgan fingerprint density at radius 2 is 1.92 bits per heavy atom. The van der Waals surface area contributed by atoms with E-state index >= 15 is 0 Å². The summed E-state index contributed by atoms with van der Waals surface area (Å²) in [4.78, 5) is 4.63. The van der Waals surface area contributed by atoms with E-state index in [2.05, 4.69) is 15.6 Å². The lowest BCUT2D eigenvalue weighted by Gasteiger charge is -2.26. The molecular formula is C19H30N4O2S. The monoisotopic (exact) mass is 378 g/mol. The molecule has 2 fully saturated rings. The van der Waals surface area contributed by atoms with Gasteiger partial charge in [0.2, 0.25) is 10.0 Å². The minimum Gasteiger partial charge on any atom is -0.356 e. The molecule has 1 aromatic rings. The summed E-state index contributed by atoms with van der Waals surface area (Å²) in [7, 11) is -1.63. The number of hydrogen-bond acceptors (Lipinski definition) is 3. The Balaban J connectivity index is 1.59. The highest BCUT2D eigenvalue weighted by atomic mass is 32.2. The number of aliphatic imine (C=N–C) groups is 1. The molecule has 1 heterocycles. The Morgan fingerprint density at radius 1 is 1.15 bits per heavy atom. The molecule has 1 saturated carbocycles. The first kappa shape index (κ1) is 19.2. The van der Waals surface area contributed by atoms with Gasteiger partial charge in [0, 0.05) is 33.2 Å². The van der Waals surface area contributed by atoms with E-state index in [4.69, 9.17) is 0 Å². The molecule has 2 aliphatic rings. The lowest BCUT2D eigenvalue weighted by Crippen LogP contribution is -2.40. The van der Waals surface area contributed by atoms with Crippen LogP contribution in [0.25, 0.3) is 0 Å². The number of benzene rings is 1. The van der Waals surface area contributed by atoms with Crippen LogP contribution in [0.1, 0.15) is 44.1 Å². The Kier molecular flexibility index (Phi) is 6.53. The Bertz CT molecular complexity index is 723. The second-order valence-electron chi connectivity index (χ2n) is 7.22. The first-order chi connectivity index (χ1) is 12.6. The number of nitrogens with zero attached hydrogens (tertiary/aromatic N) is 2. The predicted molar refractivity (Wildman–Crippen MR) is 105 cm³/mol. The molecule has 1 aliphatic heterocycles. The molecule has 7 heteroatoms. The second-order valence-corrected chi connectivity index (χ2v) is 9.15. The first-order valence-electron chi connectivity index (χ1n) is 9.63. The van der Waals surface area contributed by atoms with Gasteiger partial charge in [-0.2, -0.15) is 4.31 Å². The van der Waals surface area contributed by atoms with Crippen LogP contribution >= 0.6 is 0 Å². The van der Waals surface area contributed by atoms with Gasteiger partial charge in [-0.05, 0) is 49.3 Å². The summed E-state index contributed by atoms with van der Waals surface area (Å²) < 4.78 is 27.3. The quantitative estimate of drug-likeness (QED) is 0.589. The van der Waals surface area contributed by atoms with Crippen molar-refractivity contribution in [2.24, 2.45) is 10.9 Å². The van der Waals surface area contributed by atoms with Gasteiger partial charge in [-0.1, -0.05) is 25.0 Å². The van der Waals surface area contributed by atoms with E-state index in [0.717, 1.165) is 43.2 Å². The van der Waals surface area contributed by atoms with E-state index in [1.807, 2.05) is 12.1 Å². The van der Waals surface area contributed by atoms with Gasteiger partial charge in [0.05, 0.1) is 4.90 Å². The molecule has 26 heavy (non-hydrogen) atoms. The van der Waals surface area contributed by atoms with E-state index < -0.39 is 10.0 Å². The average molecular weight is 379 g/mol. The van der Waals surface area contributed by atoms with Gasteiger partial charge in [-0.25, -0.2) is 8.42 Å². The molecular weight excluding hydrogens is 348 g/mol. The van der Waals surface area contributed by atoms with Crippen molar-refractivity contribution in [3.63, 3.8) is 0 Å². The Hall–Kier alpha value is -1.60. The molecule has 3 rings (SSSR count). The van der Waals surface area contributed by atoms with Crippen molar-refractivity contribution in [1.29, 1.82) is 0 Å². The molecule has 144 valence electrons. The summed E-state index contributed by atoms with van der Waals surface area (Å²) in [6.07, 6.45) is 6.92. The smallest absolute Gasteiger partial charge is 0.243 e. The largest absolute Gasteiger partial charge is 0.356 e. The van der Waals surface area contributed by atoms with Gasteiger partial charge in [0.1, 0.15) is 0 Å². The van der Waals surface area contributed by atoms with Crippen LogP contribution in [-0.4, -0.2) is 45.4 Å². The standard InChI is InChI=1S/C19H30N4O2S/c1-20-19(21-14-16-7-5-8-16)22-15-17-9-6-10-18(13-17)26(24,25)23-11-3-2-4-12-23/h6,9-10,13,16H,2-5,7-8,11-12,14-15H2,1H3,(H2,20,21,22). The van der Waals surface area contributed by atoms with E-state index in [-0.39, 0.29) is 0 Å². The van der Waals surface area contributed by atoms with Crippen LogP contribution in [0, 0.1) is 5.92 Å². The molecule has 0 radical (unpaired) electrons. The van der Waals surface area contributed by atoms with Crippen LogP contribution < -0.4 is 10.6 Å². The summed E-state index contributed by atoms with van der Waals surface area (Å²) in [6, 6.07) is 7.23. The summed E-state index contributed by atoms with van der Waals surface area (Å²) >= 11 is 0. The van der Waals surface area contributed by atoms with E-state index in [1.54, 1.807) is 23.5 Å². The maximum atomic E-state index is 12.8. The highest BCUT2D eigenvalue weighted by Gasteiger charge is 2.26. The fourth-order valence-corrected chi connectivity index (χ4v) is 5.00. The minimum absolute atomic E-state index is 0.385. The molecule has 2 N–H and O–H groups in total. The van der Waals surface area contributed by atoms with Crippen molar-refractivity contribution < 1.29 is 8.42 Å². The number of hydrogen-bond donors (Lipinski definition) is 2. The molecule has 0 spiro atoms. The van der Waals surface area contributed by atoms with Crippen molar-refractivity contribution in [2.45, 2.75) is 50.0 Å². The Labute approximate surface area is 157 Å². The van der Waals surface area contributed by atoms with E-state index in [9.17, 15) is 8.42 Å². The van der Waals surface area contributed by atoms with Crippen molar-refractivity contribution in [1.82, 2.24) is 14.9 Å². The topological polar surface area (TPSA) is 73.8 Å². The molecule has 6 nitrogen and oxygen atoms in total. The van der Waals surface area contributed by atoms with Crippen LogP contribution in [0.3, 0.4) is 0 Å². The molecule has 1 aromatic carbocycles. The molecule has 0 amide bonds. The summed E-state index contributed by atoms with van der Waals surface area (Å²) in [5.41, 5.74) is 0.940. The Morgan fingerprint density at radius 3 is 2.58 bits per heavy atom. The number of piperidine rings is 1. The lowest BCUT2D eigenvalue weighted by atomic mass is 9.85. The zero-order valence-corrected chi connectivity index (χ0v) is 16.4. The fraction of sp³-hybridized carbons (Fsp3) is 0.632. The van der Waals surface area contributed by atoms with Crippen molar-refractivity contribution in [3.05, 3.63) is 29.8 Å². The highest BCUT2D eigenvalue weighted by molar-refractivity contribution is 7.89. The number of sulfonamides is 1. The third-order valence-electron chi connectivity index (χ3n) is 5.32. The number of nitrogens with one attached hydrogen (secondary N) is 2. The first-order valence-corrected chi connectivity index (χ1v) is 11.1. The van der Waals surface area contributed by atoms with E-state index in [0.29, 0.717) is 24.5 Å². The molecule has 1 saturated heterocycles. The molecule has 0 aromatic heterocycles. The van der Waals surface area contributed by atoms with Gasteiger partial charge in [0.25, 0.3) is 0 Å². The third-order valence-corrected chi connectivity index (χ3v) is 7.21. The van der Waals surface area contributed by atoms with Crippen molar-refractivity contribution >= 4 is 16.0 Å². The fourth-order valence-electron chi connectivity index (χ4n) is 3.41. The zero-order chi connectivity index (χ0) is 18.4. The summed E-state index contributed by atoms with van der Waals surface area (Å²) in [6.45, 7) is 2.75. The number of rotatable bonds is 6. The number of guanidine groups is 1. The molecule has 0 atom stereocenters. The van der Waals surface area contributed by atoms with Gasteiger partial charge >= 0.3 is 0 Å². The normalized spacial score (nSPS) is 19.8. The average Bonchev–Trinajstić information content (AvgIpc) is 2.64. The van der Waals surface area contributed by atoms with E-state index in [1.165, 1.54) is 19.3 Å². The van der Waals surface area contributed by atoms with Gasteiger partial charge in [0.15, 0.2) is 5.96 Å². The lowest BCUT2D eigenvalue weighted by molar-refractivity contribution is 0.314. The predicted octanol–water partition coefficient (Wildman–Crippen LogP) is 2.33. The molecule has 1 aliphatic carbocycles. The van der Waals surface area contributed by atoms with Gasteiger partial charge in [-0.3, -0.25) is 4.99 Å². The van der Waals surface area contributed by atoms with Crippen LogP contribution in [-0.2, 0) is 16.6 Å². The van der Waals surface area contributed by atoms with Crippen LogP contribution in [0.5, 0.6) is 0 Å². The van der Waals surface area contributed by atoms with Gasteiger partial charge in [-0.15, -0.1) is 0 Å². The van der Waals surface area contributed by atoms with Crippen molar-refractivity contribution in [2.75, 3.05) is 26.7 Å². The van der Waals surface area contributed by atoms with Crippen molar-refractivity contribution in [3.8, 4) is 0 Å². The second kappa shape index (κ2) is 8.86. The highest BCUT2D eigenvalue weighted by Crippen LogP contribution is 2.25. The van der Waals surface area contributed by atoms with Crippen LogP contribution in [0.15, 0.2) is 34.2 Å². The van der Waals surface area contributed by atoms with Gasteiger partial charge < -0.3 is 10.6 Å². The maximum absolute atomic E-state index is 12.8.